The van der Waals surface area contributed by atoms with Crippen LogP contribution < -0.4 is 20.1 Å². The molecular weight excluding hydrogens is 479 g/mol. The van der Waals surface area contributed by atoms with Crippen molar-refractivity contribution in [2.24, 2.45) is 10.9 Å². The summed E-state index contributed by atoms with van der Waals surface area (Å²) in [6, 6.07) is 6.08. The first kappa shape index (κ1) is 24.1. The quantitative estimate of drug-likeness (QED) is 0.329. The lowest BCUT2D eigenvalue weighted by Crippen LogP contribution is -2.43. The highest BCUT2D eigenvalue weighted by molar-refractivity contribution is 14.0. The van der Waals surface area contributed by atoms with Gasteiger partial charge in [-0.05, 0) is 70.2 Å². The van der Waals surface area contributed by atoms with E-state index < -0.39 is 0 Å². The summed E-state index contributed by atoms with van der Waals surface area (Å²) in [6.45, 7) is 4.00. The molecule has 1 aromatic carbocycles. The van der Waals surface area contributed by atoms with Crippen molar-refractivity contribution >= 4 is 29.9 Å². The highest BCUT2D eigenvalue weighted by Gasteiger charge is 2.19. The Bertz CT molecular complexity index is 650. The number of nitrogens with one attached hydrogen (secondary N) is 2. The van der Waals surface area contributed by atoms with Crippen molar-refractivity contribution in [3.63, 3.8) is 0 Å². The predicted octanol–water partition coefficient (Wildman–Crippen LogP) is 3.64. The molecule has 0 radical (unpaired) electrons. The summed E-state index contributed by atoms with van der Waals surface area (Å²) >= 11 is 0. The van der Waals surface area contributed by atoms with Crippen molar-refractivity contribution in [3.8, 4) is 11.5 Å². The number of aliphatic imine (C=N–C) groups is 1. The third-order valence-corrected chi connectivity index (χ3v) is 5.82. The van der Waals surface area contributed by atoms with Crippen LogP contribution in [0.25, 0.3) is 0 Å². The molecule has 2 aliphatic rings. The third-order valence-electron chi connectivity index (χ3n) is 5.82. The molecule has 0 amide bonds. The SMILES string of the molecule is CN=C(NCc1ccc(OC)cc1OC1CCCC1)NCC1CCCN(C)C1.I. The van der Waals surface area contributed by atoms with Crippen LogP contribution in [0, 0.1) is 5.92 Å². The van der Waals surface area contributed by atoms with E-state index in [9.17, 15) is 0 Å². The Labute approximate surface area is 192 Å². The number of rotatable bonds is 7. The molecule has 3 rings (SSSR count). The summed E-state index contributed by atoms with van der Waals surface area (Å²) in [5, 5.41) is 6.94. The van der Waals surface area contributed by atoms with Gasteiger partial charge in [0.1, 0.15) is 11.5 Å². The van der Waals surface area contributed by atoms with Crippen molar-refractivity contribution in [1.82, 2.24) is 15.5 Å². The Morgan fingerprint density at radius 3 is 2.66 bits per heavy atom. The van der Waals surface area contributed by atoms with Crippen LogP contribution in [0.4, 0.5) is 0 Å². The predicted molar refractivity (Wildman–Crippen MR) is 130 cm³/mol. The Balaban J connectivity index is 0.00000300. The molecular formula is C22H37IN4O2. The maximum Gasteiger partial charge on any atom is 0.191 e. The third kappa shape index (κ3) is 7.51. The smallest absolute Gasteiger partial charge is 0.191 e. The first-order valence-electron chi connectivity index (χ1n) is 10.6. The lowest BCUT2D eigenvalue weighted by atomic mass is 9.99. The van der Waals surface area contributed by atoms with E-state index in [0.29, 0.717) is 18.6 Å². The van der Waals surface area contributed by atoms with Gasteiger partial charge in [-0.25, -0.2) is 0 Å². The number of methoxy groups -OCH3 is 1. The van der Waals surface area contributed by atoms with Crippen LogP contribution in [0.5, 0.6) is 11.5 Å². The second kappa shape index (κ2) is 12.5. The van der Waals surface area contributed by atoms with Crippen LogP contribution >= 0.6 is 24.0 Å². The number of likely N-dealkylation sites (tertiary alicyclic amines) is 1. The molecule has 2 N–H and O–H groups in total. The minimum atomic E-state index is 0. The Morgan fingerprint density at radius 2 is 1.97 bits per heavy atom. The highest BCUT2D eigenvalue weighted by Crippen LogP contribution is 2.30. The van der Waals surface area contributed by atoms with Gasteiger partial charge in [0.25, 0.3) is 0 Å². The molecule has 1 atom stereocenters. The van der Waals surface area contributed by atoms with Crippen molar-refractivity contribution in [2.45, 2.75) is 51.2 Å². The van der Waals surface area contributed by atoms with E-state index in [2.05, 4.69) is 33.6 Å². The average molecular weight is 516 g/mol. The molecule has 0 aromatic heterocycles. The summed E-state index contributed by atoms with van der Waals surface area (Å²) < 4.78 is 11.7. The fourth-order valence-corrected chi connectivity index (χ4v) is 4.18. The van der Waals surface area contributed by atoms with E-state index in [-0.39, 0.29) is 24.0 Å². The van der Waals surface area contributed by atoms with Crippen molar-refractivity contribution < 1.29 is 9.47 Å². The lowest BCUT2D eigenvalue weighted by Gasteiger charge is -2.30. The molecule has 1 saturated carbocycles. The van der Waals surface area contributed by atoms with Crippen LogP contribution in [0.1, 0.15) is 44.1 Å². The normalized spacial score (nSPS) is 20.8. The standard InChI is InChI=1S/C22H36N4O2.HI/c1-23-22(24-14-17-7-6-12-26(2)16-17)25-15-18-10-11-20(27-3)13-21(18)28-19-8-4-5-9-19;/h10-11,13,17,19H,4-9,12,14-16H2,1-3H3,(H2,23,24,25);1H. The van der Waals surface area contributed by atoms with Gasteiger partial charge in [0, 0.05) is 38.3 Å². The first-order chi connectivity index (χ1) is 13.7. The maximum atomic E-state index is 6.30. The van der Waals surface area contributed by atoms with Gasteiger partial charge in [0.05, 0.1) is 13.2 Å². The molecule has 1 unspecified atom stereocenters. The number of hydrogen-bond donors (Lipinski definition) is 2. The topological polar surface area (TPSA) is 58.1 Å². The zero-order valence-electron chi connectivity index (χ0n) is 18.1. The van der Waals surface area contributed by atoms with Gasteiger partial charge in [-0.3, -0.25) is 4.99 Å². The molecule has 0 bridgehead atoms. The van der Waals surface area contributed by atoms with Gasteiger partial charge in [-0.15, -0.1) is 24.0 Å². The van der Waals surface area contributed by atoms with Crippen molar-refractivity contribution in [2.75, 3.05) is 40.8 Å². The number of hydrogen-bond acceptors (Lipinski definition) is 4. The molecule has 2 fully saturated rings. The van der Waals surface area contributed by atoms with Crippen LogP contribution in [-0.2, 0) is 6.54 Å². The lowest BCUT2D eigenvalue weighted by molar-refractivity contribution is 0.207. The summed E-state index contributed by atoms with van der Waals surface area (Å²) in [6.07, 6.45) is 7.69. The van der Waals surface area contributed by atoms with Gasteiger partial charge < -0.3 is 25.0 Å². The van der Waals surface area contributed by atoms with Crippen molar-refractivity contribution in [3.05, 3.63) is 23.8 Å². The van der Waals surface area contributed by atoms with Gasteiger partial charge in [-0.1, -0.05) is 0 Å². The molecule has 1 heterocycles. The molecule has 0 spiro atoms. The summed E-state index contributed by atoms with van der Waals surface area (Å²) in [5.74, 6) is 3.28. The number of halogens is 1. The van der Waals surface area contributed by atoms with Crippen LogP contribution in [0.2, 0.25) is 0 Å². The van der Waals surface area contributed by atoms with Gasteiger partial charge in [0.2, 0.25) is 0 Å². The Morgan fingerprint density at radius 1 is 1.17 bits per heavy atom. The number of piperidine rings is 1. The number of ether oxygens (including phenoxy) is 2. The zero-order valence-corrected chi connectivity index (χ0v) is 20.4. The molecule has 164 valence electrons. The largest absolute Gasteiger partial charge is 0.497 e. The summed E-state index contributed by atoms with van der Waals surface area (Å²) in [5.41, 5.74) is 1.13. The Kier molecular flexibility index (Phi) is 10.3. The molecule has 1 aromatic rings. The first-order valence-corrected chi connectivity index (χ1v) is 10.6. The molecule has 1 saturated heterocycles. The molecule has 29 heavy (non-hydrogen) atoms. The minimum absolute atomic E-state index is 0. The number of guanidine groups is 1. The second-order valence-electron chi connectivity index (χ2n) is 8.08. The maximum absolute atomic E-state index is 6.30. The van der Waals surface area contributed by atoms with E-state index in [1.165, 1.54) is 32.2 Å². The van der Waals surface area contributed by atoms with Gasteiger partial charge >= 0.3 is 0 Å². The molecule has 1 aliphatic heterocycles. The van der Waals surface area contributed by atoms with Gasteiger partial charge in [0.15, 0.2) is 5.96 Å². The van der Waals surface area contributed by atoms with E-state index in [1.54, 1.807) is 7.11 Å². The summed E-state index contributed by atoms with van der Waals surface area (Å²) in [4.78, 5) is 6.80. The summed E-state index contributed by atoms with van der Waals surface area (Å²) in [7, 11) is 5.72. The highest BCUT2D eigenvalue weighted by atomic mass is 127. The zero-order chi connectivity index (χ0) is 19.8. The molecule has 7 heteroatoms. The average Bonchev–Trinajstić information content (AvgIpc) is 3.22. The number of benzene rings is 1. The van der Waals surface area contributed by atoms with E-state index >= 15 is 0 Å². The van der Waals surface area contributed by atoms with E-state index in [0.717, 1.165) is 49.0 Å². The van der Waals surface area contributed by atoms with Crippen LogP contribution in [0.3, 0.4) is 0 Å². The van der Waals surface area contributed by atoms with E-state index in [4.69, 9.17) is 9.47 Å². The monoisotopic (exact) mass is 516 g/mol. The fraction of sp³-hybridized carbons (Fsp3) is 0.682. The van der Waals surface area contributed by atoms with Crippen LogP contribution in [-0.4, -0.2) is 57.8 Å². The molecule has 6 nitrogen and oxygen atoms in total. The second-order valence-corrected chi connectivity index (χ2v) is 8.08. The van der Waals surface area contributed by atoms with E-state index in [1.807, 2.05) is 19.2 Å². The Hall–Kier alpha value is -1.22. The minimum Gasteiger partial charge on any atom is -0.497 e. The van der Waals surface area contributed by atoms with Crippen molar-refractivity contribution in [1.29, 1.82) is 0 Å². The number of nitrogens with zero attached hydrogens (tertiary/aromatic N) is 2. The molecule has 1 aliphatic carbocycles. The van der Waals surface area contributed by atoms with Gasteiger partial charge in [-0.2, -0.15) is 0 Å². The fourth-order valence-electron chi connectivity index (χ4n) is 4.18. The van der Waals surface area contributed by atoms with Crippen LogP contribution in [0.15, 0.2) is 23.2 Å².